The molecular formula is C24H38Br2O2. The van der Waals surface area contributed by atoms with Crippen LogP contribution in [0.2, 0.25) is 0 Å². The molecule has 1 aromatic rings. The highest BCUT2D eigenvalue weighted by Crippen LogP contribution is 2.17. The first-order chi connectivity index (χ1) is 13.6. The van der Waals surface area contributed by atoms with E-state index < -0.39 is 0 Å². The van der Waals surface area contributed by atoms with E-state index in [1.807, 2.05) is 9.97 Å². The summed E-state index contributed by atoms with van der Waals surface area (Å²) in [6.45, 7) is 10.5. The van der Waals surface area contributed by atoms with Crippen LogP contribution in [-0.2, 0) is 0 Å². The predicted octanol–water partition coefficient (Wildman–Crippen LogP) is 7.14. The third kappa shape index (κ3) is 8.90. The van der Waals surface area contributed by atoms with Crippen molar-refractivity contribution in [1.29, 1.82) is 0 Å². The van der Waals surface area contributed by atoms with Crippen molar-refractivity contribution in [3.05, 3.63) is 22.6 Å². The van der Waals surface area contributed by atoms with Crippen molar-refractivity contribution in [2.24, 2.45) is 11.8 Å². The van der Waals surface area contributed by atoms with Gasteiger partial charge < -0.3 is 9.47 Å². The van der Waals surface area contributed by atoms with E-state index in [0.29, 0.717) is 11.8 Å². The van der Waals surface area contributed by atoms with Crippen LogP contribution in [0.15, 0.2) is 12.1 Å². The summed E-state index contributed by atoms with van der Waals surface area (Å²) < 4.78 is 12.4. The minimum atomic E-state index is 0.610. The summed E-state index contributed by atoms with van der Waals surface area (Å²) in [5.41, 5.74) is 0. The number of benzene rings is 1. The quantitative estimate of drug-likeness (QED) is 0.261. The molecule has 0 bridgehead atoms. The number of unbranched alkanes of at least 4 members (excludes halogenated alkanes) is 2. The molecule has 0 saturated carbocycles. The molecule has 0 radical (unpaired) electrons. The van der Waals surface area contributed by atoms with Gasteiger partial charge in [-0.05, 0) is 46.8 Å². The largest absolute Gasteiger partial charge is 0.493 e. The fourth-order valence-corrected chi connectivity index (χ4v) is 3.94. The average Bonchev–Trinajstić information content (AvgIpc) is 2.73. The number of ether oxygens (including phenoxy) is 2. The third-order valence-electron chi connectivity index (χ3n) is 5.41. The topological polar surface area (TPSA) is 18.5 Å². The Morgan fingerprint density at radius 2 is 1.14 bits per heavy atom. The van der Waals surface area contributed by atoms with Gasteiger partial charge in [0.05, 0.1) is 13.2 Å². The SMILES string of the molecule is CCCCC(CC)COc1cc(=CBr)c(OCC(CC)CCCC)cc1=CBr. The molecule has 0 N–H and O–H groups in total. The summed E-state index contributed by atoms with van der Waals surface area (Å²) in [7, 11) is 0. The van der Waals surface area contributed by atoms with Crippen molar-refractivity contribution < 1.29 is 9.47 Å². The summed E-state index contributed by atoms with van der Waals surface area (Å²) in [6, 6.07) is 4.16. The van der Waals surface area contributed by atoms with E-state index in [4.69, 9.17) is 9.47 Å². The van der Waals surface area contributed by atoms with Crippen molar-refractivity contribution in [2.45, 2.75) is 79.1 Å². The van der Waals surface area contributed by atoms with E-state index >= 15 is 0 Å². The van der Waals surface area contributed by atoms with E-state index in [1.165, 1.54) is 38.5 Å². The Morgan fingerprint density at radius 3 is 1.43 bits per heavy atom. The summed E-state index contributed by atoms with van der Waals surface area (Å²) in [5, 5.41) is 2.06. The first-order valence-electron chi connectivity index (χ1n) is 10.9. The molecule has 2 atom stereocenters. The van der Waals surface area contributed by atoms with Gasteiger partial charge in [-0.15, -0.1) is 0 Å². The van der Waals surface area contributed by atoms with Crippen molar-refractivity contribution in [1.82, 2.24) is 0 Å². The van der Waals surface area contributed by atoms with Crippen molar-refractivity contribution in [2.75, 3.05) is 13.2 Å². The lowest BCUT2D eigenvalue weighted by molar-refractivity contribution is 0.225. The molecule has 0 heterocycles. The third-order valence-corrected chi connectivity index (χ3v) is 6.40. The molecule has 0 aromatic heterocycles. The van der Waals surface area contributed by atoms with Crippen LogP contribution in [0.4, 0.5) is 0 Å². The molecule has 0 spiro atoms. The lowest BCUT2D eigenvalue weighted by Crippen LogP contribution is -2.21. The van der Waals surface area contributed by atoms with Gasteiger partial charge >= 0.3 is 0 Å². The molecule has 0 aliphatic heterocycles. The van der Waals surface area contributed by atoms with Crippen LogP contribution in [0.3, 0.4) is 0 Å². The monoisotopic (exact) mass is 516 g/mol. The maximum absolute atomic E-state index is 6.22. The first-order valence-corrected chi connectivity index (χ1v) is 12.8. The predicted molar refractivity (Wildman–Crippen MR) is 130 cm³/mol. The van der Waals surface area contributed by atoms with Crippen molar-refractivity contribution >= 4 is 41.8 Å². The maximum atomic E-state index is 6.22. The van der Waals surface area contributed by atoms with Gasteiger partial charge in [0, 0.05) is 10.4 Å². The zero-order valence-electron chi connectivity index (χ0n) is 18.1. The van der Waals surface area contributed by atoms with E-state index in [-0.39, 0.29) is 0 Å². The lowest BCUT2D eigenvalue weighted by Gasteiger charge is -2.18. The standard InChI is InChI=1S/C24H38Br2O2/c1-5-9-11-19(7-3)17-27-23-13-22(16-26)24(14-21(23)15-25)28-18-20(8-4)12-10-6-2/h13-16,19-20H,5-12,17-18H2,1-4H3. The van der Waals surface area contributed by atoms with Crippen LogP contribution < -0.4 is 19.9 Å². The van der Waals surface area contributed by atoms with E-state index in [0.717, 1.165) is 48.0 Å². The summed E-state index contributed by atoms with van der Waals surface area (Å²) in [5.74, 6) is 3.03. The fraction of sp³-hybridized carbons (Fsp3) is 0.667. The van der Waals surface area contributed by atoms with Crippen LogP contribution in [0.1, 0.15) is 79.1 Å². The molecule has 28 heavy (non-hydrogen) atoms. The first kappa shape index (κ1) is 25.6. The Kier molecular flexibility index (Phi) is 14.0. The van der Waals surface area contributed by atoms with Gasteiger partial charge in [0.2, 0.25) is 0 Å². The normalized spacial score (nSPS) is 14.9. The molecule has 2 nitrogen and oxygen atoms in total. The zero-order chi connectivity index (χ0) is 20.8. The van der Waals surface area contributed by atoms with Crippen LogP contribution in [0.5, 0.6) is 11.5 Å². The summed E-state index contributed by atoms with van der Waals surface area (Å²) in [4.78, 5) is 3.85. The second kappa shape index (κ2) is 15.4. The molecule has 4 heteroatoms. The Labute approximate surface area is 189 Å². The van der Waals surface area contributed by atoms with Gasteiger partial charge in [-0.3, -0.25) is 0 Å². The molecule has 0 amide bonds. The molecule has 0 saturated heterocycles. The molecule has 0 aliphatic rings. The number of hydrogen-bond donors (Lipinski definition) is 0. The molecule has 160 valence electrons. The Bertz CT molecular complexity index is 600. The Balaban J connectivity index is 2.90. The minimum Gasteiger partial charge on any atom is -0.493 e. The molecule has 0 aliphatic carbocycles. The molecule has 1 rings (SSSR count). The smallest absolute Gasteiger partial charge is 0.127 e. The van der Waals surface area contributed by atoms with Crippen LogP contribution in [0.25, 0.3) is 9.97 Å². The highest BCUT2D eigenvalue weighted by atomic mass is 79.9. The highest BCUT2D eigenvalue weighted by Gasteiger charge is 2.11. The Morgan fingerprint density at radius 1 is 0.750 bits per heavy atom. The number of hydrogen-bond acceptors (Lipinski definition) is 2. The summed E-state index contributed by atoms with van der Waals surface area (Å²) in [6.07, 6.45) is 9.78. The van der Waals surface area contributed by atoms with Crippen LogP contribution in [-0.4, -0.2) is 13.2 Å². The summed E-state index contributed by atoms with van der Waals surface area (Å²) >= 11 is 7.00. The second-order valence-electron chi connectivity index (χ2n) is 7.60. The fourth-order valence-electron chi connectivity index (χ4n) is 3.22. The van der Waals surface area contributed by atoms with Crippen LogP contribution >= 0.6 is 31.9 Å². The number of rotatable bonds is 14. The maximum Gasteiger partial charge on any atom is 0.127 e. The lowest BCUT2D eigenvalue weighted by atomic mass is 10.0. The molecule has 2 unspecified atom stereocenters. The highest BCUT2D eigenvalue weighted by molar-refractivity contribution is 9.14. The van der Waals surface area contributed by atoms with E-state index in [2.05, 4.69) is 71.7 Å². The average molecular weight is 518 g/mol. The van der Waals surface area contributed by atoms with Crippen molar-refractivity contribution in [3.8, 4) is 11.5 Å². The van der Waals surface area contributed by atoms with Gasteiger partial charge in [-0.1, -0.05) is 98.1 Å². The zero-order valence-corrected chi connectivity index (χ0v) is 21.3. The van der Waals surface area contributed by atoms with Gasteiger partial charge in [-0.2, -0.15) is 0 Å². The van der Waals surface area contributed by atoms with Gasteiger partial charge in [0.15, 0.2) is 0 Å². The Hall–Kier alpha value is -0.480. The van der Waals surface area contributed by atoms with E-state index in [9.17, 15) is 0 Å². The van der Waals surface area contributed by atoms with Gasteiger partial charge in [0.25, 0.3) is 0 Å². The van der Waals surface area contributed by atoms with Crippen LogP contribution in [0, 0.1) is 11.8 Å². The minimum absolute atomic E-state index is 0.610. The number of halogens is 2. The van der Waals surface area contributed by atoms with Crippen molar-refractivity contribution in [3.63, 3.8) is 0 Å². The second-order valence-corrected chi connectivity index (χ2v) is 8.52. The van der Waals surface area contributed by atoms with Gasteiger partial charge in [0.1, 0.15) is 11.5 Å². The molecule has 1 aromatic carbocycles. The molecular weight excluding hydrogens is 480 g/mol. The van der Waals surface area contributed by atoms with E-state index in [1.54, 1.807) is 0 Å². The molecule has 0 fully saturated rings. The van der Waals surface area contributed by atoms with Gasteiger partial charge in [-0.25, -0.2) is 0 Å².